The Bertz CT molecular complexity index is 691. The predicted molar refractivity (Wildman–Crippen MR) is 109 cm³/mol. The lowest BCUT2D eigenvalue weighted by Crippen LogP contribution is -2.44. The number of nitrogens with zero attached hydrogens (tertiary/aromatic N) is 4. The van der Waals surface area contributed by atoms with E-state index in [0.29, 0.717) is 25.7 Å². The molecule has 2 heterocycles. The van der Waals surface area contributed by atoms with Crippen LogP contribution in [0.2, 0.25) is 0 Å². The van der Waals surface area contributed by atoms with Crippen LogP contribution < -0.4 is 5.32 Å². The van der Waals surface area contributed by atoms with Crippen molar-refractivity contribution in [2.45, 2.75) is 57.0 Å². The average Bonchev–Trinajstić information content (AvgIpc) is 3.39. The zero-order valence-electron chi connectivity index (χ0n) is 17.7. The predicted octanol–water partition coefficient (Wildman–Crippen LogP) is 0.316. The summed E-state index contributed by atoms with van der Waals surface area (Å²) in [5, 5.41) is 27.0. The van der Waals surface area contributed by atoms with Gasteiger partial charge < -0.3 is 30.2 Å². The summed E-state index contributed by atoms with van der Waals surface area (Å²) in [6.07, 6.45) is 7.73. The van der Waals surface area contributed by atoms with Gasteiger partial charge in [0.15, 0.2) is 0 Å². The van der Waals surface area contributed by atoms with E-state index in [2.05, 4.69) is 11.4 Å². The summed E-state index contributed by atoms with van der Waals surface area (Å²) in [5.74, 6) is -3.66. The molecule has 0 aromatic carbocycles. The summed E-state index contributed by atoms with van der Waals surface area (Å²) in [7, 11) is 0. The normalized spacial score (nSPS) is 21.5. The molecule has 172 valence electrons. The number of rotatable bonds is 6. The molecule has 3 aliphatic rings. The van der Waals surface area contributed by atoms with Crippen molar-refractivity contribution < 1.29 is 29.4 Å². The Balaban J connectivity index is 0.000000501. The molecule has 0 unspecified atom stereocenters. The number of nitrogens with one attached hydrogen (secondary N) is 1. The van der Waals surface area contributed by atoms with Crippen LogP contribution in [0.25, 0.3) is 0 Å². The van der Waals surface area contributed by atoms with E-state index in [1.54, 1.807) is 4.90 Å². The fourth-order valence-electron chi connectivity index (χ4n) is 4.25. The zero-order chi connectivity index (χ0) is 22.8. The number of aliphatic carboxylic acids is 2. The molecule has 1 aliphatic carbocycles. The topological polar surface area (TPSA) is 154 Å². The number of likely N-dealkylation sites (tertiary alicyclic amines) is 1. The van der Waals surface area contributed by atoms with Gasteiger partial charge in [-0.05, 0) is 25.7 Å². The van der Waals surface area contributed by atoms with Gasteiger partial charge >= 0.3 is 18.0 Å². The van der Waals surface area contributed by atoms with Gasteiger partial charge in [-0.15, -0.1) is 0 Å². The number of carboxylic acids is 2. The van der Waals surface area contributed by atoms with E-state index in [1.807, 2.05) is 9.80 Å². The number of hydrogen-bond donors (Lipinski definition) is 3. The summed E-state index contributed by atoms with van der Waals surface area (Å²) < 4.78 is 0. The highest BCUT2D eigenvalue weighted by Gasteiger charge is 2.34. The highest BCUT2D eigenvalue weighted by Crippen LogP contribution is 2.25. The maximum Gasteiger partial charge on any atom is 0.414 e. The summed E-state index contributed by atoms with van der Waals surface area (Å²) >= 11 is 0. The van der Waals surface area contributed by atoms with Gasteiger partial charge in [-0.3, -0.25) is 4.79 Å². The summed E-state index contributed by atoms with van der Waals surface area (Å²) in [5.41, 5.74) is 0. The molecule has 3 amide bonds. The fraction of sp³-hybridized carbons (Fsp3) is 0.750. The van der Waals surface area contributed by atoms with Crippen LogP contribution in [0.1, 0.15) is 44.9 Å². The minimum absolute atomic E-state index is 0.0133. The largest absolute Gasteiger partial charge is 0.473 e. The van der Waals surface area contributed by atoms with Gasteiger partial charge in [0.25, 0.3) is 0 Å². The Labute approximate surface area is 181 Å². The molecule has 0 aromatic heterocycles. The first-order chi connectivity index (χ1) is 14.8. The highest BCUT2D eigenvalue weighted by molar-refractivity contribution is 6.27. The molecular formula is C20H31N5O6. The van der Waals surface area contributed by atoms with E-state index < -0.39 is 11.9 Å². The number of carbonyl (C=O) groups is 4. The molecule has 0 radical (unpaired) electrons. The van der Waals surface area contributed by atoms with Gasteiger partial charge in [0, 0.05) is 38.8 Å². The van der Waals surface area contributed by atoms with Crippen LogP contribution in [0.15, 0.2) is 0 Å². The van der Waals surface area contributed by atoms with E-state index in [9.17, 15) is 9.59 Å². The molecule has 1 saturated carbocycles. The number of carboxylic acid groups (broad SMARTS) is 2. The highest BCUT2D eigenvalue weighted by atomic mass is 16.4. The van der Waals surface area contributed by atoms with Gasteiger partial charge in [-0.1, -0.05) is 19.3 Å². The van der Waals surface area contributed by atoms with Gasteiger partial charge in [-0.2, -0.15) is 5.26 Å². The van der Waals surface area contributed by atoms with E-state index in [-0.39, 0.29) is 24.5 Å². The second kappa shape index (κ2) is 12.1. The van der Waals surface area contributed by atoms with Crippen LogP contribution in [0, 0.1) is 11.3 Å². The maximum atomic E-state index is 12.5. The molecule has 3 rings (SSSR count). The lowest BCUT2D eigenvalue weighted by atomic mass is 9.94. The van der Waals surface area contributed by atoms with E-state index in [0.717, 1.165) is 38.8 Å². The lowest BCUT2D eigenvalue weighted by molar-refractivity contribution is -0.159. The van der Waals surface area contributed by atoms with Gasteiger partial charge in [0.05, 0.1) is 12.6 Å². The second-order valence-corrected chi connectivity index (χ2v) is 7.92. The molecule has 2 saturated heterocycles. The van der Waals surface area contributed by atoms with Crippen molar-refractivity contribution in [3.63, 3.8) is 0 Å². The lowest BCUT2D eigenvalue weighted by Gasteiger charge is -2.30. The van der Waals surface area contributed by atoms with Crippen LogP contribution in [0.5, 0.6) is 0 Å². The molecule has 0 aromatic rings. The Kier molecular flexibility index (Phi) is 9.52. The third-order valence-corrected chi connectivity index (χ3v) is 5.88. The molecule has 3 fully saturated rings. The van der Waals surface area contributed by atoms with Gasteiger partial charge in [0.1, 0.15) is 6.04 Å². The molecule has 2 aliphatic heterocycles. The number of urea groups is 1. The SMILES string of the molecule is N#C[C@H]1CCCN1C(=O)CNCCN1CCN(C2CCCCC2)C1=O.O=C(O)C(=O)O. The smallest absolute Gasteiger partial charge is 0.414 e. The third kappa shape index (κ3) is 7.10. The first-order valence-corrected chi connectivity index (χ1v) is 10.8. The fourth-order valence-corrected chi connectivity index (χ4v) is 4.25. The van der Waals surface area contributed by atoms with Gasteiger partial charge in [0.2, 0.25) is 5.91 Å². The van der Waals surface area contributed by atoms with Crippen molar-refractivity contribution in [2.75, 3.05) is 39.3 Å². The van der Waals surface area contributed by atoms with E-state index >= 15 is 0 Å². The first-order valence-electron chi connectivity index (χ1n) is 10.8. The number of nitriles is 1. The number of hydrogen-bond acceptors (Lipinski definition) is 6. The molecule has 11 heteroatoms. The number of carbonyl (C=O) groups excluding carboxylic acids is 2. The quantitative estimate of drug-likeness (QED) is 0.396. The summed E-state index contributed by atoms with van der Waals surface area (Å²) in [4.78, 5) is 48.5. The van der Waals surface area contributed by atoms with Crippen LogP contribution >= 0.6 is 0 Å². The molecule has 3 N–H and O–H groups in total. The van der Waals surface area contributed by atoms with Crippen LogP contribution in [-0.4, -0.2) is 100 Å². The Morgan fingerprint density at radius 1 is 1.00 bits per heavy atom. The maximum absolute atomic E-state index is 12.5. The van der Waals surface area contributed by atoms with Crippen molar-refractivity contribution in [3.8, 4) is 6.07 Å². The summed E-state index contributed by atoms with van der Waals surface area (Å²) in [6, 6.07) is 2.51. The molecule has 0 spiro atoms. The molecule has 31 heavy (non-hydrogen) atoms. The summed E-state index contributed by atoms with van der Waals surface area (Å²) in [6.45, 7) is 3.79. The van der Waals surface area contributed by atoms with Crippen molar-refractivity contribution >= 4 is 23.9 Å². The standard InChI is InChI=1S/C18H29N5O2.C2H2O4/c19-13-16-7-4-9-22(16)17(24)14-20-8-10-21-11-12-23(18(21)25)15-5-2-1-3-6-15;3-1(4)2(5)6/h15-16,20H,1-12,14H2;(H,3,4)(H,5,6)/t16-;/m1./s1. The van der Waals surface area contributed by atoms with Crippen molar-refractivity contribution in [1.82, 2.24) is 20.0 Å². The average molecular weight is 437 g/mol. The molecular weight excluding hydrogens is 406 g/mol. The minimum atomic E-state index is -1.82. The minimum Gasteiger partial charge on any atom is -0.473 e. The van der Waals surface area contributed by atoms with Crippen molar-refractivity contribution in [1.29, 1.82) is 5.26 Å². The molecule has 11 nitrogen and oxygen atoms in total. The van der Waals surface area contributed by atoms with Crippen molar-refractivity contribution in [3.05, 3.63) is 0 Å². The molecule has 0 bridgehead atoms. The third-order valence-electron chi connectivity index (χ3n) is 5.88. The Morgan fingerprint density at radius 2 is 1.68 bits per heavy atom. The van der Waals surface area contributed by atoms with Crippen molar-refractivity contribution in [2.24, 2.45) is 0 Å². The Morgan fingerprint density at radius 3 is 2.29 bits per heavy atom. The second-order valence-electron chi connectivity index (χ2n) is 7.92. The van der Waals surface area contributed by atoms with E-state index in [1.165, 1.54) is 19.3 Å². The van der Waals surface area contributed by atoms with E-state index in [4.69, 9.17) is 25.1 Å². The Hall–Kier alpha value is -2.87. The van der Waals surface area contributed by atoms with Crippen LogP contribution in [-0.2, 0) is 14.4 Å². The van der Waals surface area contributed by atoms with Crippen LogP contribution in [0.3, 0.4) is 0 Å². The van der Waals surface area contributed by atoms with Crippen LogP contribution in [0.4, 0.5) is 4.79 Å². The molecule has 1 atom stereocenters. The number of amides is 3. The first kappa shape index (κ1) is 24.4. The van der Waals surface area contributed by atoms with Gasteiger partial charge in [-0.25, -0.2) is 14.4 Å². The monoisotopic (exact) mass is 437 g/mol. The zero-order valence-corrected chi connectivity index (χ0v) is 17.7.